The van der Waals surface area contributed by atoms with Crippen molar-refractivity contribution in [2.24, 2.45) is 5.92 Å². The van der Waals surface area contributed by atoms with Crippen LogP contribution < -0.4 is 5.32 Å². The third-order valence-electron chi connectivity index (χ3n) is 2.79. The first-order valence-corrected chi connectivity index (χ1v) is 5.94. The minimum absolute atomic E-state index is 0.0658. The molecule has 2 rings (SSSR count). The standard InChI is InChI=1S/C14H16N2O2/c1-10(9-17)8-16-14(18)12-4-5-13-11(7-12)3-2-6-15-13/h2-7,10,17H,8-9H2,1H3,(H,16,18). The molecule has 4 nitrogen and oxygen atoms in total. The van der Waals surface area contributed by atoms with E-state index in [2.05, 4.69) is 10.3 Å². The summed E-state index contributed by atoms with van der Waals surface area (Å²) >= 11 is 0. The predicted octanol–water partition coefficient (Wildman–Crippen LogP) is 1.59. The lowest BCUT2D eigenvalue weighted by Gasteiger charge is -2.09. The Morgan fingerprint density at radius 1 is 1.44 bits per heavy atom. The number of hydrogen-bond acceptors (Lipinski definition) is 3. The van der Waals surface area contributed by atoms with Gasteiger partial charge in [-0.15, -0.1) is 0 Å². The molecule has 0 aliphatic carbocycles. The number of nitrogens with zero attached hydrogens (tertiary/aromatic N) is 1. The summed E-state index contributed by atoms with van der Waals surface area (Å²) in [6.07, 6.45) is 1.73. The average Bonchev–Trinajstić information content (AvgIpc) is 2.43. The van der Waals surface area contributed by atoms with Crippen LogP contribution in [0.3, 0.4) is 0 Å². The van der Waals surface area contributed by atoms with E-state index in [9.17, 15) is 4.79 Å². The van der Waals surface area contributed by atoms with Crippen LogP contribution in [0, 0.1) is 5.92 Å². The second-order valence-corrected chi connectivity index (χ2v) is 4.41. The molecule has 0 spiro atoms. The fourth-order valence-corrected chi connectivity index (χ4v) is 1.65. The monoisotopic (exact) mass is 244 g/mol. The molecule has 1 amide bonds. The maximum Gasteiger partial charge on any atom is 0.251 e. The second-order valence-electron chi connectivity index (χ2n) is 4.41. The van der Waals surface area contributed by atoms with Crippen LogP contribution in [0.2, 0.25) is 0 Å². The van der Waals surface area contributed by atoms with Gasteiger partial charge < -0.3 is 10.4 Å². The van der Waals surface area contributed by atoms with Crippen molar-refractivity contribution >= 4 is 16.8 Å². The molecule has 0 radical (unpaired) electrons. The number of fused-ring (bicyclic) bond motifs is 1. The van der Waals surface area contributed by atoms with E-state index in [1.54, 1.807) is 12.3 Å². The van der Waals surface area contributed by atoms with E-state index in [4.69, 9.17) is 5.11 Å². The number of hydrogen-bond donors (Lipinski definition) is 2. The first-order chi connectivity index (χ1) is 8.70. The first-order valence-electron chi connectivity index (χ1n) is 5.94. The molecular weight excluding hydrogens is 228 g/mol. The molecule has 0 fully saturated rings. The summed E-state index contributed by atoms with van der Waals surface area (Å²) in [5.74, 6) is -0.0582. The highest BCUT2D eigenvalue weighted by Gasteiger charge is 2.08. The van der Waals surface area contributed by atoms with Crippen LogP contribution >= 0.6 is 0 Å². The van der Waals surface area contributed by atoms with Crippen molar-refractivity contribution in [2.45, 2.75) is 6.92 Å². The number of benzene rings is 1. The van der Waals surface area contributed by atoms with Gasteiger partial charge in [0.2, 0.25) is 0 Å². The van der Waals surface area contributed by atoms with Gasteiger partial charge >= 0.3 is 0 Å². The van der Waals surface area contributed by atoms with Crippen LogP contribution in [0.5, 0.6) is 0 Å². The van der Waals surface area contributed by atoms with E-state index in [0.29, 0.717) is 12.1 Å². The van der Waals surface area contributed by atoms with E-state index in [0.717, 1.165) is 10.9 Å². The van der Waals surface area contributed by atoms with Crippen molar-refractivity contribution in [1.29, 1.82) is 0 Å². The number of aliphatic hydroxyl groups excluding tert-OH is 1. The minimum Gasteiger partial charge on any atom is -0.396 e. The number of nitrogens with one attached hydrogen (secondary N) is 1. The molecule has 2 N–H and O–H groups in total. The van der Waals surface area contributed by atoms with Crippen molar-refractivity contribution in [3.8, 4) is 0 Å². The van der Waals surface area contributed by atoms with Crippen LogP contribution in [0.4, 0.5) is 0 Å². The molecular formula is C14H16N2O2. The third-order valence-corrected chi connectivity index (χ3v) is 2.79. The number of amides is 1. The van der Waals surface area contributed by atoms with Crippen LogP contribution in [0.15, 0.2) is 36.5 Å². The topological polar surface area (TPSA) is 62.2 Å². The van der Waals surface area contributed by atoms with E-state index >= 15 is 0 Å². The Balaban J connectivity index is 2.13. The summed E-state index contributed by atoms with van der Waals surface area (Å²) in [5.41, 5.74) is 1.48. The van der Waals surface area contributed by atoms with E-state index in [1.807, 2.05) is 31.2 Å². The predicted molar refractivity (Wildman–Crippen MR) is 70.3 cm³/mol. The number of carbonyl (C=O) groups excluding carboxylic acids is 1. The van der Waals surface area contributed by atoms with Gasteiger partial charge in [0.25, 0.3) is 5.91 Å². The largest absolute Gasteiger partial charge is 0.396 e. The van der Waals surface area contributed by atoms with Crippen molar-refractivity contribution < 1.29 is 9.90 Å². The highest BCUT2D eigenvalue weighted by Crippen LogP contribution is 2.13. The smallest absolute Gasteiger partial charge is 0.251 e. The Kier molecular flexibility index (Phi) is 3.89. The zero-order chi connectivity index (χ0) is 13.0. The molecule has 1 heterocycles. The maximum absolute atomic E-state index is 11.9. The molecule has 18 heavy (non-hydrogen) atoms. The molecule has 0 aliphatic heterocycles. The van der Waals surface area contributed by atoms with E-state index < -0.39 is 0 Å². The van der Waals surface area contributed by atoms with Crippen molar-refractivity contribution in [2.75, 3.05) is 13.2 Å². The number of aromatic nitrogens is 1. The van der Waals surface area contributed by atoms with Gasteiger partial charge in [-0.1, -0.05) is 13.0 Å². The number of aliphatic hydroxyl groups is 1. The van der Waals surface area contributed by atoms with Gasteiger partial charge in [0.15, 0.2) is 0 Å². The maximum atomic E-state index is 11.9. The number of carbonyl (C=O) groups is 1. The van der Waals surface area contributed by atoms with Crippen LogP contribution in [0.1, 0.15) is 17.3 Å². The van der Waals surface area contributed by atoms with Gasteiger partial charge in [-0.3, -0.25) is 9.78 Å². The highest BCUT2D eigenvalue weighted by atomic mass is 16.3. The fraction of sp³-hybridized carbons (Fsp3) is 0.286. The molecule has 1 aromatic heterocycles. The van der Waals surface area contributed by atoms with Crippen LogP contribution in [0.25, 0.3) is 10.9 Å². The van der Waals surface area contributed by atoms with Gasteiger partial charge in [-0.25, -0.2) is 0 Å². The van der Waals surface area contributed by atoms with Crippen LogP contribution in [-0.4, -0.2) is 29.1 Å². The SMILES string of the molecule is CC(CO)CNC(=O)c1ccc2ncccc2c1. The summed E-state index contributed by atoms with van der Waals surface area (Å²) in [5, 5.41) is 12.6. The lowest BCUT2D eigenvalue weighted by Crippen LogP contribution is -2.29. The Morgan fingerprint density at radius 2 is 2.28 bits per heavy atom. The van der Waals surface area contributed by atoms with Gasteiger partial charge in [0, 0.05) is 30.3 Å². The Bertz CT molecular complexity index is 554. The molecule has 0 bridgehead atoms. The van der Waals surface area contributed by atoms with E-state index in [-0.39, 0.29) is 18.4 Å². The molecule has 2 aromatic rings. The normalized spacial score (nSPS) is 12.3. The summed E-state index contributed by atoms with van der Waals surface area (Å²) in [6, 6.07) is 9.18. The molecule has 1 atom stereocenters. The lowest BCUT2D eigenvalue weighted by atomic mass is 10.1. The van der Waals surface area contributed by atoms with Gasteiger partial charge in [-0.05, 0) is 30.2 Å². The summed E-state index contributed by atoms with van der Waals surface area (Å²) in [6.45, 7) is 2.42. The van der Waals surface area contributed by atoms with Gasteiger partial charge in [-0.2, -0.15) is 0 Å². The molecule has 0 aliphatic rings. The zero-order valence-corrected chi connectivity index (χ0v) is 10.3. The van der Waals surface area contributed by atoms with Crippen molar-refractivity contribution in [3.05, 3.63) is 42.1 Å². The van der Waals surface area contributed by atoms with Gasteiger partial charge in [0.1, 0.15) is 0 Å². The van der Waals surface area contributed by atoms with Crippen molar-refractivity contribution in [3.63, 3.8) is 0 Å². The summed E-state index contributed by atoms with van der Waals surface area (Å²) in [4.78, 5) is 16.1. The molecule has 94 valence electrons. The van der Waals surface area contributed by atoms with Gasteiger partial charge in [0.05, 0.1) is 5.52 Å². The summed E-state index contributed by atoms with van der Waals surface area (Å²) in [7, 11) is 0. The Labute approximate surface area is 106 Å². The number of pyridine rings is 1. The molecule has 4 heteroatoms. The lowest BCUT2D eigenvalue weighted by molar-refractivity contribution is 0.0942. The van der Waals surface area contributed by atoms with Crippen molar-refractivity contribution in [1.82, 2.24) is 10.3 Å². The third kappa shape index (κ3) is 2.84. The Hall–Kier alpha value is -1.94. The first kappa shape index (κ1) is 12.5. The van der Waals surface area contributed by atoms with Crippen LogP contribution in [-0.2, 0) is 0 Å². The molecule has 0 saturated carbocycles. The number of rotatable bonds is 4. The molecule has 1 aromatic carbocycles. The second kappa shape index (κ2) is 5.60. The van der Waals surface area contributed by atoms with E-state index in [1.165, 1.54) is 0 Å². The molecule has 1 unspecified atom stereocenters. The quantitative estimate of drug-likeness (QED) is 0.858. The minimum atomic E-state index is -0.124. The average molecular weight is 244 g/mol. The highest BCUT2D eigenvalue weighted by molar-refractivity contribution is 5.97. The zero-order valence-electron chi connectivity index (χ0n) is 10.3. The Morgan fingerprint density at radius 3 is 3.06 bits per heavy atom. The summed E-state index contributed by atoms with van der Waals surface area (Å²) < 4.78 is 0. The molecule has 0 saturated heterocycles. The fourth-order valence-electron chi connectivity index (χ4n) is 1.65.